The third kappa shape index (κ3) is 6.78. The number of amides is 2. The predicted molar refractivity (Wildman–Crippen MR) is 159 cm³/mol. The molecule has 13 heteroatoms. The molecule has 3 N–H and O–H groups in total. The summed E-state index contributed by atoms with van der Waals surface area (Å²) in [6.45, 7) is 6.03. The number of hydrogen-bond acceptors (Lipinski definition) is 10. The Hall–Kier alpha value is -4.26. The van der Waals surface area contributed by atoms with Crippen LogP contribution in [0.5, 0.6) is 0 Å². The van der Waals surface area contributed by atoms with Crippen molar-refractivity contribution in [2.24, 2.45) is 5.73 Å². The number of nitrogens with one attached hydrogen (secondary N) is 1. The van der Waals surface area contributed by atoms with Gasteiger partial charge >= 0.3 is 12.1 Å². The van der Waals surface area contributed by atoms with Crippen LogP contribution < -0.4 is 21.5 Å². The summed E-state index contributed by atoms with van der Waals surface area (Å²) < 4.78 is 11.9. The molecule has 1 saturated carbocycles. The van der Waals surface area contributed by atoms with E-state index in [4.69, 9.17) is 20.2 Å². The van der Waals surface area contributed by atoms with Crippen molar-refractivity contribution in [2.75, 3.05) is 23.3 Å². The van der Waals surface area contributed by atoms with Crippen LogP contribution in [0.15, 0.2) is 34.6 Å². The van der Waals surface area contributed by atoms with Gasteiger partial charge in [-0.1, -0.05) is 6.42 Å². The maximum absolute atomic E-state index is 13.7. The minimum Gasteiger partial charge on any atom is -0.457 e. The number of piperidine rings is 1. The van der Waals surface area contributed by atoms with Gasteiger partial charge in [-0.2, -0.15) is 0 Å². The lowest BCUT2D eigenvalue weighted by Gasteiger charge is -2.33. The molecule has 1 aliphatic carbocycles. The molecule has 2 aliphatic rings. The van der Waals surface area contributed by atoms with E-state index in [1.165, 1.54) is 52.6 Å². The maximum Gasteiger partial charge on any atom is 0.404 e. The number of aromatic nitrogens is 3. The van der Waals surface area contributed by atoms with E-state index in [0.29, 0.717) is 41.8 Å². The Kier molecular flexibility index (Phi) is 8.30. The van der Waals surface area contributed by atoms with Crippen molar-refractivity contribution in [3.05, 3.63) is 57.0 Å². The van der Waals surface area contributed by atoms with Gasteiger partial charge in [0, 0.05) is 35.7 Å². The summed E-state index contributed by atoms with van der Waals surface area (Å²) in [6, 6.07) is 3.06. The van der Waals surface area contributed by atoms with E-state index >= 15 is 0 Å². The molecule has 0 spiro atoms. The lowest BCUT2D eigenvalue weighted by atomic mass is 9.83. The fourth-order valence-electron chi connectivity index (χ4n) is 4.95. The van der Waals surface area contributed by atoms with Gasteiger partial charge in [0.15, 0.2) is 5.13 Å². The summed E-state index contributed by atoms with van der Waals surface area (Å²) in [6.07, 6.45) is 7.38. The summed E-state index contributed by atoms with van der Waals surface area (Å²) >= 11 is 1.38. The van der Waals surface area contributed by atoms with E-state index < -0.39 is 29.3 Å². The van der Waals surface area contributed by atoms with Crippen LogP contribution in [0.4, 0.5) is 15.7 Å². The Balaban J connectivity index is 1.48. The highest BCUT2D eigenvalue weighted by atomic mass is 32.1. The van der Waals surface area contributed by atoms with Crippen LogP contribution in [-0.4, -0.2) is 57.1 Å². The highest BCUT2D eigenvalue weighted by molar-refractivity contribution is 7.14. The SMILES string of the molecule is CC(C)(C)OC(=O)C=Cc1c(N2CCCC(OC(N)=O)C2)nc2cc(C(=O)Nc3nc(C4CCC4)cs3)ccn2c1=O. The number of carbonyl (C=O) groups is 3. The Morgan fingerprint density at radius 1 is 1.17 bits per heavy atom. The van der Waals surface area contributed by atoms with Crippen molar-refractivity contribution in [1.29, 1.82) is 0 Å². The quantitative estimate of drug-likeness (QED) is 0.304. The molecule has 4 heterocycles. The molecular formula is C29H34N6O6S. The second-order valence-electron chi connectivity index (χ2n) is 11.5. The standard InChI is InChI=1S/C29H34N6O6S/c1-29(2,3)41-23(36)10-9-20-24(34-12-5-8-19(15-34)40-27(30)39)32-22-14-18(11-13-35(22)26(20)38)25(37)33-28-31-21(16-42-28)17-6-4-7-17/h9-11,13-14,16-17,19H,4-8,12,15H2,1-3H3,(H2,30,39)(H,31,33,37). The number of nitrogens with zero attached hydrogens (tertiary/aromatic N) is 4. The summed E-state index contributed by atoms with van der Waals surface area (Å²) in [5.74, 6) is -0.227. The highest BCUT2D eigenvalue weighted by Crippen LogP contribution is 2.37. The van der Waals surface area contributed by atoms with Crippen LogP contribution in [-0.2, 0) is 14.3 Å². The monoisotopic (exact) mass is 594 g/mol. The molecular weight excluding hydrogens is 560 g/mol. The first-order chi connectivity index (χ1) is 20.0. The van der Waals surface area contributed by atoms with Crippen molar-refractivity contribution in [2.45, 2.75) is 70.5 Å². The van der Waals surface area contributed by atoms with E-state index in [1.54, 1.807) is 20.8 Å². The molecule has 2 amide bonds. The Morgan fingerprint density at radius 3 is 2.64 bits per heavy atom. The molecule has 3 aromatic heterocycles. The second kappa shape index (κ2) is 11.9. The minimum atomic E-state index is -0.880. The number of thiazole rings is 1. The molecule has 1 aliphatic heterocycles. The van der Waals surface area contributed by atoms with Gasteiger partial charge in [0.25, 0.3) is 11.5 Å². The molecule has 1 unspecified atom stereocenters. The first-order valence-electron chi connectivity index (χ1n) is 13.9. The lowest BCUT2D eigenvalue weighted by Crippen LogP contribution is -2.43. The molecule has 42 heavy (non-hydrogen) atoms. The normalized spacial score (nSPS) is 17.7. The second-order valence-corrected chi connectivity index (χ2v) is 12.3. The van der Waals surface area contributed by atoms with Crippen molar-refractivity contribution in [3.8, 4) is 0 Å². The largest absolute Gasteiger partial charge is 0.457 e. The predicted octanol–water partition coefficient (Wildman–Crippen LogP) is 4.09. The minimum absolute atomic E-state index is 0.154. The van der Waals surface area contributed by atoms with E-state index in [0.717, 1.165) is 18.5 Å². The van der Waals surface area contributed by atoms with E-state index in [9.17, 15) is 19.2 Å². The topological polar surface area (TPSA) is 158 Å². The summed E-state index contributed by atoms with van der Waals surface area (Å²) in [7, 11) is 0. The van der Waals surface area contributed by atoms with Crippen molar-refractivity contribution in [3.63, 3.8) is 0 Å². The number of anilines is 2. The Bertz CT molecular complexity index is 1600. The van der Waals surface area contributed by atoms with Gasteiger partial charge in [0.1, 0.15) is 23.2 Å². The van der Waals surface area contributed by atoms with Gasteiger partial charge in [0.2, 0.25) is 0 Å². The number of hydrogen-bond donors (Lipinski definition) is 2. The molecule has 5 rings (SSSR count). The number of ether oxygens (including phenoxy) is 2. The fraction of sp³-hybridized carbons (Fsp3) is 0.448. The number of rotatable bonds is 7. The van der Waals surface area contributed by atoms with Gasteiger partial charge in [-0.25, -0.2) is 19.6 Å². The molecule has 1 atom stereocenters. The van der Waals surface area contributed by atoms with Crippen LogP contribution in [0.2, 0.25) is 0 Å². The number of carbonyl (C=O) groups excluding carboxylic acids is 3. The van der Waals surface area contributed by atoms with E-state index in [2.05, 4.69) is 10.3 Å². The van der Waals surface area contributed by atoms with Crippen LogP contribution in [0.3, 0.4) is 0 Å². The number of pyridine rings is 1. The fourth-order valence-corrected chi connectivity index (χ4v) is 5.74. The van der Waals surface area contributed by atoms with Gasteiger partial charge in [-0.3, -0.25) is 19.3 Å². The molecule has 12 nitrogen and oxygen atoms in total. The summed E-state index contributed by atoms with van der Waals surface area (Å²) in [4.78, 5) is 61.7. The van der Waals surface area contributed by atoms with Gasteiger partial charge in [-0.05, 0) is 64.7 Å². The van der Waals surface area contributed by atoms with Crippen LogP contribution in [0.25, 0.3) is 11.7 Å². The van der Waals surface area contributed by atoms with Crippen LogP contribution in [0.1, 0.15) is 80.4 Å². The van der Waals surface area contributed by atoms with Crippen LogP contribution in [0, 0.1) is 0 Å². The molecule has 222 valence electrons. The van der Waals surface area contributed by atoms with Gasteiger partial charge in [-0.15, -0.1) is 11.3 Å². The summed E-state index contributed by atoms with van der Waals surface area (Å²) in [5.41, 5.74) is 5.80. The maximum atomic E-state index is 13.7. The average Bonchev–Trinajstić information content (AvgIpc) is 3.32. The van der Waals surface area contributed by atoms with Gasteiger partial charge in [0.05, 0.1) is 17.8 Å². The highest BCUT2D eigenvalue weighted by Gasteiger charge is 2.27. The first-order valence-corrected chi connectivity index (χ1v) is 14.8. The Labute approximate surface area is 246 Å². The first kappa shape index (κ1) is 29.2. The van der Waals surface area contributed by atoms with Crippen molar-refractivity contribution in [1.82, 2.24) is 14.4 Å². The smallest absolute Gasteiger partial charge is 0.404 e. The Morgan fingerprint density at radius 2 is 1.95 bits per heavy atom. The summed E-state index contributed by atoms with van der Waals surface area (Å²) in [5, 5.41) is 5.34. The zero-order valence-electron chi connectivity index (χ0n) is 23.8. The zero-order valence-corrected chi connectivity index (χ0v) is 24.6. The molecule has 0 bridgehead atoms. The molecule has 3 aromatic rings. The zero-order chi connectivity index (χ0) is 30.0. The number of nitrogens with two attached hydrogens (primary N) is 1. The average molecular weight is 595 g/mol. The third-order valence-corrected chi connectivity index (χ3v) is 7.90. The van der Waals surface area contributed by atoms with E-state index in [1.807, 2.05) is 10.3 Å². The molecule has 0 radical (unpaired) electrons. The van der Waals surface area contributed by atoms with Crippen molar-refractivity contribution < 1.29 is 23.9 Å². The van der Waals surface area contributed by atoms with Gasteiger partial charge < -0.3 is 20.1 Å². The van der Waals surface area contributed by atoms with Crippen LogP contribution >= 0.6 is 11.3 Å². The van der Waals surface area contributed by atoms with E-state index in [-0.39, 0.29) is 23.7 Å². The number of fused-ring (bicyclic) bond motifs is 1. The third-order valence-electron chi connectivity index (χ3n) is 7.13. The number of esters is 1. The lowest BCUT2D eigenvalue weighted by molar-refractivity contribution is -0.148. The van der Waals surface area contributed by atoms with Crippen molar-refractivity contribution >= 4 is 52.0 Å². The molecule has 2 fully saturated rings. The molecule has 1 saturated heterocycles. The molecule has 0 aromatic carbocycles. The number of primary amides is 1.